The van der Waals surface area contributed by atoms with E-state index in [1.54, 1.807) is 41.5 Å². The van der Waals surface area contributed by atoms with Crippen LogP contribution >= 0.6 is 0 Å². The molecule has 1 aliphatic heterocycles. The average molecular weight is 697 g/mol. The minimum atomic E-state index is -3.87. The van der Waals surface area contributed by atoms with Crippen molar-refractivity contribution >= 4 is 44.6 Å². The summed E-state index contributed by atoms with van der Waals surface area (Å²) in [6, 6.07) is 11.7. The van der Waals surface area contributed by atoms with E-state index in [4.69, 9.17) is 9.47 Å². The van der Waals surface area contributed by atoms with Crippen molar-refractivity contribution in [3.63, 3.8) is 0 Å². The van der Waals surface area contributed by atoms with Gasteiger partial charge in [-0.05, 0) is 61.8 Å². The van der Waals surface area contributed by atoms with Crippen LogP contribution in [0.4, 0.5) is 4.79 Å². The molecule has 0 unspecified atom stereocenters. The lowest BCUT2D eigenvalue weighted by Crippen LogP contribution is -2.60. The molecule has 5 atom stereocenters. The molecular formula is C36H48N4O8S. The number of sulfonamides is 1. The largest absolute Gasteiger partial charge is 0.444 e. The van der Waals surface area contributed by atoms with Crippen molar-refractivity contribution < 1.29 is 37.1 Å². The van der Waals surface area contributed by atoms with Gasteiger partial charge in [0.1, 0.15) is 23.2 Å². The monoisotopic (exact) mass is 696 g/mol. The molecule has 49 heavy (non-hydrogen) atoms. The summed E-state index contributed by atoms with van der Waals surface area (Å²) in [5, 5.41) is 6.96. The number of nitrogens with one attached hydrogen (secondary N) is 3. The van der Waals surface area contributed by atoms with E-state index in [0.29, 0.717) is 12.8 Å². The van der Waals surface area contributed by atoms with Crippen molar-refractivity contribution in [2.24, 2.45) is 11.3 Å². The third-order valence-electron chi connectivity index (χ3n) is 9.23. The summed E-state index contributed by atoms with van der Waals surface area (Å²) in [6.07, 6.45) is 1.40. The van der Waals surface area contributed by atoms with Crippen molar-refractivity contribution in [1.29, 1.82) is 0 Å². The predicted octanol–water partition coefficient (Wildman–Crippen LogP) is 3.93. The van der Waals surface area contributed by atoms with Gasteiger partial charge in [-0.1, -0.05) is 69.3 Å². The highest BCUT2D eigenvalue weighted by Gasteiger charge is 2.62. The first-order chi connectivity index (χ1) is 22.8. The molecule has 266 valence electrons. The zero-order valence-corrected chi connectivity index (χ0v) is 29.9. The molecule has 3 N–H and O–H groups in total. The summed E-state index contributed by atoms with van der Waals surface area (Å²) >= 11 is 0. The maximum Gasteiger partial charge on any atom is 0.408 e. The Kier molecular flexibility index (Phi) is 9.92. The van der Waals surface area contributed by atoms with Gasteiger partial charge in [0, 0.05) is 18.9 Å². The SMILES string of the molecule is C=C[C@@H]1C[C@@]1(NC(=O)[C@@H]1C[C@@H](OCc2cccc3ccccc23)CN1C(=O)[C@@H](NC(=O)OC(C)(C)C)C(C)(C)C)C(=O)NS(=O)(=O)C1CC1. The van der Waals surface area contributed by atoms with E-state index >= 15 is 0 Å². The first-order valence-corrected chi connectivity index (χ1v) is 18.3. The summed E-state index contributed by atoms with van der Waals surface area (Å²) in [4.78, 5) is 56.1. The normalized spacial score (nSPS) is 24.5. The van der Waals surface area contributed by atoms with E-state index in [9.17, 15) is 27.6 Å². The number of ether oxygens (including phenoxy) is 2. The first kappa shape index (κ1) is 36.3. The number of rotatable bonds is 11. The van der Waals surface area contributed by atoms with Crippen LogP contribution in [0.3, 0.4) is 0 Å². The zero-order valence-electron chi connectivity index (χ0n) is 29.1. The number of carbonyl (C=O) groups is 4. The summed E-state index contributed by atoms with van der Waals surface area (Å²) in [5.41, 5.74) is -2.16. The Balaban J connectivity index is 1.40. The van der Waals surface area contributed by atoms with E-state index in [2.05, 4.69) is 21.9 Å². The van der Waals surface area contributed by atoms with E-state index < -0.39 is 79.7 Å². The van der Waals surface area contributed by atoms with Crippen LogP contribution in [-0.2, 0) is 40.5 Å². The first-order valence-electron chi connectivity index (χ1n) is 16.7. The van der Waals surface area contributed by atoms with Gasteiger partial charge in [0.05, 0.1) is 18.0 Å². The Labute approximate surface area is 288 Å². The van der Waals surface area contributed by atoms with Gasteiger partial charge in [0.15, 0.2) is 0 Å². The predicted molar refractivity (Wildman–Crippen MR) is 185 cm³/mol. The van der Waals surface area contributed by atoms with Crippen molar-refractivity contribution in [2.75, 3.05) is 6.54 Å². The molecule has 1 saturated heterocycles. The smallest absolute Gasteiger partial charge is 0.408 e. The number of carbonyl (C=O) groups excluding carboxylic acids is 4. The van der Waals surface area contributed by atoms with Crippen molar-refractivity contribution in [2.45, 2.75) is 108 Å². The standard InChI is InChI=1S/C36H48N4O8S/c1-8-24-19-36(24,32(43)39-49(45,46)26-16-17-26)38-30(41)28-18-25(47-21-23-14-11-13-22-12-9-10-15-27(22)23)20-40(28)31(42)29(34(2,3)4)37-33(44)48-35(5,6)7/h8-15,24-26,28-29H,1,16-21H2,2-7H3,(H,37,44)(H,38,41)(H,39,43)/t24-,25-,28+,29-,36+/m1/s1. The molecule has 2 aromatic carbocycles. The number of benzene rings is 2. The molecule has 4 amide bonds. The second-order valence-corrected chi connectivity index (χ2v) is 17.4. The Morgan fingerprint density at radius 3 is 2.33 bits per heavy atom. The van der Waals surface area contributed by atoms with Gasteiger partial charge >= 0.3 is 6.09 Å². The van der Waals surface area contributed by atoms with Gasteiger partial charge in [-0.15, -0.1) is 6.58 Å². The maximum absolute atomic E-state index is 14.4. The van der Waals surface area contributed by atoms with Crippen molar-refractivity contribution in [3.05, 3.63) is 60.7 Å². The highest BCUT2D eigenvalue weighted by atomic mass is 32.2. The van der Waals surface area contributed by atoms with E-state index in [-0.39, 0.29) is 26.0 Å². The van der Waals surface area contributed by atoms with Crippen LogP contribution in [0.5, 0.6) is 0 Å². The number of likely N-dealkylation sites (tertiary alicyclic amines) is 1. The molecule has 0 aromatic heterocycles. The van der Waals surface area contributed by atoms with Gasteiger partial charge in [0.25, 0.3) is 5.91 Å². The lowest BCUT2D eigenvalue weighted by atomic mass is 9.85. The van der Waals surface area contributed by atoms with E-state index in [0.717, 1.165) is 16.3 Å². The van der Waals surface area contributed by atoms with Crippen molar-refractivity contribution in [1.82, 2.24) is 20.3 Å². The molecule has 5 rings (SSSR count). The van der Waals surface area contributed by atoms with Gasteiger partial charge < -0.3 is 25.0 Å². The Morgan fingerprint density at radius 2 is 1.71 bits per heavy atom. The maximum atomic E-state index is 14.4. The molecule has 12 nitrogen and oxygen atoms in total. The molecule has 0 radical (unpaired) electrons. The molecule has 2 aliphatic carbocycles. The molecule has 13 heteroatoms. The van der Waals surface area contributed by atoms with Crippen LogP contribution in [0.25, 0.3) is 10.8 Å². The van der Waals surface area contributed by atoms with Crippen LogP contribution in [0.15, 0.2) is 55.1 Å². The van der Waals surface area contributed by atoms with Crippen LogP contribution in [0.2, 0.25) is 0 Å². The van der Waals surface area contributed by atoms with Crippen LogP contribution in [0.1, 0.15) is 72.8 Å². The fourth-order valence-corrected chi connectivity index (χ4v) is 7.66. The Morgan fingerprint density at radius 1 is 1.04 bits per heavy atom. The average Bonchev–Trinajstić information content (AvgIpc) is 3.93. The van der Waals surface area contributed by atoms with Gasteiger partial charge in [-0.2, -0.15) is 0 Å². The fraction of sp³-hybridized carbons (Fsp3) is 0.556. The van der Waals surface area contributed by atoms with Gasteiger partial charge in [0.2, 0.25) is 21.8 Å². The molecule has 3 fully saturated rings. The van der Waals surface area contributed by atoms with E-state index in [1.807, 2.05) is 42.5 Å². The minimum Gasteiger partial charge on any atom is -0.444 e. The van der Waals surface area contributed by atoms with E-state index in [1.165, 1.54) is 11.0 Å². The number of nitrogens with zero attached hydrogens (tertiary/aromatic N) is 1. The third kappa shape index (κ3) is 8.26. The fourth-order valence-electron chi connectivity index (χ4n) is 6.30. The number of hydrogen-bond acceptors (Lipinski definition) is 8. The molecule has 2 saturated carbocycles. The van der Waals surface area contributed by atoms with Crippen LogP contribution < -0.4 is 15.4 Å². The number of hydrogen-bond donors (Lipinski definition) is 3. The number of alkyl carbamates (subject to hydrolysis) is 1. The lowest BCUT2D eigenvalue weighted by molar-refractivity contribution is -0.143. The molecule has 0 spiro atoms. The quantitative estimate of drug-likeness (QED) is 0.298. The Bertz CT molecular complexity index is 1740. The van der Waals surface area contributed by atoms with Crippen molar-refractivity contribution in [3.8, 4) is 0 Å². The van der Waals surface area contributed by atoms with Gasteiger partial charge in [-0.3, -0.25) is 19.1 Å². The Hall–Kier alpha value is -3.97. The summed E-state index contributed by atoms with van der Waals surface area (Å²) in [6.45, 7) is 14.6. The highest BCUT2D eigenvalue weighted by molar-refractivity contribution is 7.91. The minimum absolute atomic E-state index is 0.0460. The third-order valence-corrected chi connectivity index (χ3v) is 11.0. The van der Waals surface area contributed by atoms with Crippen LogP contribution in [-0.4, -0.2) is 78.3 Å². The summed E-state index contributed by atoms with van der Waals surface area (Å²) in [7, 11) is -3.87. The highest BCUT2D eigenvalue weighted by Crippen LogP contribution is 2.45. The molecule has 3 aliphatic rings. The number of fused-ring (bicyclic) bond motifs is 1. The molecule has 2 aromatic rings. The summed E-state index contributed by atoms with van der Waals surface area (Å²) < 4.78 is 39.2. The topological polar surface area (TPSA) is 160 Å². The summed E-state index contributed by atoms with van der Waals surface area (Å²) in [5.74, 6) is -2.46. The molecule has 1 heterocycles. The lowest BCUT2D eigenvalue weighted by Gasteiger charge is -2.36. The second-order valence-electron chi connectivity index (χ2n) is 15.4. The molecular weight excluding hydrogens is 648 g/mol. The van der Waals surface area contributed by atoms with Gasteiger partial charge in [-0.25, -0.2) is 13.2 Å². The second kappa shape index (κ2) is 13.4. The molecule has 0 bridgehead atoms. The van der Waals surface area contributed by atoms with Crippen LogP contribution in [0, 0.1) is 11.3 Å². The zero-order chi connectivity index (χ0) is 35.9. The number of amides is 4.